The molecule has 0 atom stereocenters. The summed E-state index contributed by atoms with van der Waals surface area (Å²) in [6.07, 6.45) is 4.19. The van der Waals surface area contributed by atoms with Crippen LogP contribution >= 0.6 is 0 Å². The van der Waals surface area contributed by atoms with Gasteiger partial charge in [0.15, 0.2) is 5.69 Å². The summed E-state index contributed by atoms with van der Waals surface area (Å²) in [6.45, 7) is 1.67. The van der Waals surface area contributed by atoms with E-state index in [1.807, 2.05) is 24.4 Å². The third-order valence-electron chi connectivity index (χ3n) is 4.33. The number of rotatable bonds is 2. The van der Waals surface area contributed by atoms with Gasteiger partial charge in [-0.3, -0.25) is 13.9 Å². The molecule has 1 amide bonds. The smallest absolute Gasteiger partial charge is 0.358 e. The number of aryl methyl sites for hydroxylation is 1. The molecule has 0 unspecified atom stereocenters. The zero-order valence-corrected chi connectivity index (χ0v) is 13.8. The van der Waals surface area contributed by atoms with E-state index in [9.17, 15) is 9.59 Å². The van der Waals surface area contributed by atoms with Crippen LogP contribution in [-0.4, -0.2) is 49.6 Å². The maximum atomic E-state index is 13.0. The predicted octanol–water partition coefficient (Wildman–Crippen LogP) is 1.36. The van der Waals surface area contributed by atoms with E-state index in [0.717, 1.165) is 17.8 Å². The van der Waals surface area contributed by atoms with Gasteiger partial charge in [0.05, 0.1) is 25.5 Å². The number of carbonyl (C=O) groups excluding carboxylic acids is 2. The second-order valence-electron chi connectivity index (χ2n) is 5.89. The molecule has 8 nitrogen and oxygen atoms in total. The summed E-state index contributed by atoms with van der Waals surface area (Å²) in [4.78, 5) is 30.7. The molecule has 25 heavy (non-hydrogen) atoms. The van der Waals surface area contributed by atoms with Crippen molar-refractivity contribution in [1.82, 2.24) is 24.1 Å². The van der Waals surface area contributed by atoms with Crippen LogP contribution in [-0.2, 0) is 17.8 Å². The Balaban J connectivity index is 1.63. The van der Waals surface area contributed by atoms with Crippen LogP contribution in [0.3, 0.4) is 0 Å². The van der Waals surface area contributed by atoms with Gasteiger partial charge in [-0.1, -0.05) is 6.07 Å². The number of carbonyl (C=O) groups is 2. The van der Waals surface area contributed by atoms with E-state index in [2.05, 4.69) is 10.1 Å². The average Bonchev–Trinajstić information content (AvgIpc) is 3.19. The molecule has 4 rings (SSSR count). The highest BCUT2D eigenvalue weighted by molar-refractivity contribution is 5.93. The standard InChI is InChI=1S/C17H17N5O3/c1-25-17(24)13-9-12-11-20(6-4-8-22(12)19-13)16(23)14-10-18-15-5-2-3-7-21(14)15/h2-3,5,7,9-10H,4,6,8,11H2,1H3. The van der Waals surface area contributed by atoms with E-state index < -0.39 is 5.97 Å². The van der Waals surface area contributed by atoms with Gasteiger partial charge in [0.2, 0.25) is 0 Å². The predicted molar refractivity (Wildman–Crippen MR) is 88.1 cm³/mol. The molecule has 0 saturated heterocycles. The first kappa shape index (κ1) is 15.4. The fourth-order valence-corrected chi connectivity index (χ4v) is 3.09. The molecule has 3 aromatic rings. The van der Waals surface area contributed by atoms with Crippen molar-refractivity contribution in [3.63, 3.8) is 0 Å². The van der Waals surface area contributed by atoms with E-state index in [1.165, 1.54) is 7.11 Å². The topological polar surface area (TPSA) is 81.7 Å². The molecule has 8 heteroatoms. The minimum absolute atomic E-state index is 0.0898. The van der Waals surface area contributed by atoms with Crippen molar-refractivity contribution >= 4 is 17.5 Å². The first-order valence-electron chi connectivity index (χ1n) is 8.04. The molecule has 0 bridgehead atoms. The molecular formula is C17H17N5O3. The number of esters is 1. The number of amides is 1. The first-order chi connectivity index (χ1) is 12.2. The van der Waals surface area contributed by atoms with Crippen LogP contribution < -0.4 is 0 Å². The van der Waals surface area contributed by atoms with Gasteiger partial charge in [-0.25, -0.2) is 9.78 Å². The van der Waals surface area contributed by atoms with Gasteiger partial charge in [0, 0.05) is 19.3 Å². The lowest BCUT2D eigenvalue weighted by Crippen LogP contribution is -2.31. The Morgan fingerprint density at radius 1 is 1.24 bits per heavy atom. The molecule has 0 spiro atoms. The zero-order valence-electron chi connectivity index (χ0n) is 13.8. The Hall–Kier alpha value is -3.16. The van der Waals surface area contributed by atoms with Crippen molar-refractivity contribution in [3.05, 3.63) is 53.7 Å². The minimum Gasteiger partial charge on any atom is -0.464 e. The number of ether oxygens (including phenoxy) is 1. The molecule has 0 fully saturated rings. The quantitative estimate of drug-likeness (QED) is 0.659. The van der Waals surface area contributed by atoms with Crippen LogP contribution in [0.1, 0.15) is 33.1 Å². The van der Waals surface area contributed by atoms with Gasteiger partial charge in [-0.15, -0.1) is 0 Å². The highest BCUT2D eigenvalue weighted by Gasteiger charge is 2.25. The third-order valence-corrected chi connectivity index (χ3v) is 4.33. The number of imidazole rings is 1. The number of aromatic nitrogens is 4. The lowest BCUT2D eigenvalue weighted by atomic mass is 10.3. The third kappa shape index (κ3) is 2.65. The molecule has 0 N–H and O–H groups in total. The van der Waals surface area contributed by atoms with Gasteiger partial charge in [-0.2, -0.15) is 5.10 Å². The maximum Gasteiger partial charge on any atom is 0.358 e. The number of hydrogen-bond acceptors (Lipinski definition) is 5. The summed E-state index contributed by atoms with van der Waals surface area (Å²) < 4.78 is 8.27. The second-order valence-corrected chi connectivity index (χ2v) is 5.89. The Morgan fingerprint density at radius 2 is 2.12 bits per heavy atom. The Bertz CT molecular complexity index is 958. The van der Waals surface area contributed by atoms with Crippen LogP contribution in [0.15, 0.2) is 36.7 Å². The van der Waals surface area contributed by atoms with Crippen molar-refractivity contribution in [1.29, 1.82) is 0 Å². The zero-order chi connectivity index (χ0) is 17.4. The van der Waals surface area contributed by atoms with E-state index in [-0.39, 0.29) is 11.6 Å². The summed E-state index contributed by atoms with van der Waals surface area (Å²) in [5.41, 5.74) is 2.34. The van der Waals surface area contributed by atoms with Crippen LogP contribution in [0.2, 0.25) is 0 Å². The van der Waals surface area contributed by atoms with E-state index >= 15 is 0 Å². The van der Waals surface area contributed by atoms with Crippen LogP contribution in [0.5, 0.6) is 0 Å². The molecule has 1 aliphatic rings. The second kappa shape index (κ2) is 6.04. The lowest BCUT2D eigenvalue weighted by molar-refractivity contribution is 0.0593. The molecule has 0 radical (unpaired) electrons. The Morgan fingerprint density at radius 3 is 2.96 bits per heavy atom. The molecule has 0 aliphatic carbocycles. The van der Waals surface area contributed by atoms with Crippen LogP contribution in [0, 0.1) is 0 Å². The number of pyridine rings is 1. The Kier molecular flexibility index (Phi) is 3.72. The first-order valence-corrected chi connectivity index (χ1v) is 8.04. The van der Waals surface area contributed by atoms with E-state index in [4.69, 9.17) is 4.74 Å². The van der Waals surface area contributed by atoms with Gasteiger partial charge in [0.25, 0.3) is 5.91 Å². The number of nitrogens with zero attached hydrogens (tertiary/aromatic N) is 5. The lowest BCUT2D eigenvalue weighted by Gasteiger charge is -2.19. The minimum atomic E-state index is -0.472. The van der Waals surface area contributed by atoms with Crippen molar-refractivity contribution in [2.24, 2.45) is 0 Å². The maximum absolute atomic E-state index is 13.0. The molecule has 1 aliphatic heterocycles. The summed E-state index contributed by atoms with van der Waals surface area (Å²) in [5, 5.41) is 4.27. The molecule has 4 heterocycles. The van der Waals surface area contributed by atoms with Crippen LogP contribution in [0.4, 0.5) is 0 Å². The summed E-state index contributed by atoms with van der Waals surface area (Å²) >= 11 is 0. The molecule has 128 valence electrons. The van der Waals surface area contributed by atoms with Gasteiger partial charge in [-0.05, 0) is 24.6 Å². The summed E-state index contributed by atoms with van der Waals surface area (Å²) in [6, 6.07) is 7.30. The van der Waals surface area contributed by atoms with Crippen molar-refractivity contribution in [3.8, 4) is 0 Å². The van der Waals surface area contributed by atoms with E-state index in [0.29, 0.717) is 25.3 Å². The normalized spacial score (nSPS) is 14.2. The molecule has 3 aromatic heterocycles. The monoisotopic (exact) mass is 339 g/mol. The van der Waals surface area contributed by atoms with Gasteiger partial charge in [0.1, 0.15) is 11.3 Å². The van der Waals surface area contributed by atoms with Crippen molar-refractivity contribution < 1.29 is 14.3 Å². The van der Waals surface area contributed by atoms with Gasteiger partial charge < -0.3 is 9.64 Å². The number of fused-ring (bicyclic) bond motifs is 2. The Labute approximate surface area is 143 Å². The largest absolute Gasteiger partial charge is 0.464 e. The average molecular weight is 339 g/mol. The van der Waals surface area contributed by atoms with E-state index in [1.54, 1.807) is 26.2 Å². The van der Waals surface area contributed by atoms with Crippen LogP contribution in [0.25, 0.3) is 5.65 Å². The SMILES string of the molecule is COC(=O)c1cc2n(n1)CCCN(C(=O)c1cnc3ccccn13)C2. The molecule has 0 aromatic carbocycles. The van der Waals surface area contributed by atoms with Crippen molar-refractivity contribution in [2.75, 3.05) is 13.7 Å². The fourth-order valence-electron chi connectivity index (χ4n) is 3.09. The number of hydrogen-bond donors (Lipinski definition) is 0. The van der Waals surface area contributed by atoms with Crippen molar-refractivity contribution in [2.45, 2.75) is 19.5 Å². The molecule has 0 saturated carbocycles. The highest BCUT2D eigenvalue weighted by Crippen LogP contribution is 2.17. The molecular weight excluding hydrogens is 322 g/mol. The van der Waals surface area contributed by atoms with Gasteiger partial charge >= 0.3 is 5.97 Å². The highest BCUT2D eigenvalue weighted by atomic mass is 16.5. The fraction of sp³-hybridized carbons (Fsp3) is 0.294. The number of methoxy groups -OCH3 is 1. The summed E-state index contributed by atoms with van der Waals surface area (Å²) in [7, 11) is 1.33. The summed E-state index contributed by atoms with van der Waals surface area (Å²) in [5.74, 6) is -0.562.